The largest absolute Gasteiger partial charge is 0.361 e. The summed E-state index contributed by atoms with van der Waals surface area (Å²) >= 11 is 12.0. The van der Waals surface area contributed by atoms with Gasteiger partial charge in [0.2, 0.25) is 0 Å². The molecule has 1 unspecified atom stereocenters. The lowest BCUT2D eigenvalue weighted by Gasteiger charge is -2.26. The van der Waals surface area contributed by atoms with Crippen LogP contribution in [0.25, 0.3) is 10.9 Å². The van der Waals surface area contributed by atoms with Crippen LogP contribution in [-0.4, -0.2) is 31.2 Å². The third-order valence-corrected chi connectivity index (χ3v) is 7.24. The molecule has 1 heterocycles. The lowest BCUT2D eigenvalue weighted by atomic mass is 10.2. The third kappa shape index (κ3) is 4.57. The molecule has 0 saturated heterocycles. The topological polar surface area (TPSA) is 82.6 Å². The van der Waals surface area contributed by atoms with E-state index in [0.717, 1.165) is 15.2 Å². The number of anilines is 1. The van der Waals surface area contributed by atoms with E-state index in [2.05, 4.69) is 4.98 Å². The van der Waals surface area contributed by atoms with Crippen LogP contribution in [0.5, 0.6) is 0 Å². The van der Waals surface area contributed by atoms with E-state index in [0.29, 0.717) is 5.69 Å². The van der Waals surface area contributed by atoms with E-state index >= 15 is 0 Å². The fraction of sp³-hybridized carbons (Fsp3) is 0.176. The van der Waals surface area contributed by atoms with Crippen LogP contribution < -0.4 is 4.31 Å². The molecular formula is C17H17Cl2N2O4PS. The van der Waals surface area contributed by atoms with E-state index < -0.39 is 18.4 Å². The van der Waals surface area contributed by atoms with Gasteiger partial charge in [0.05, 0.1) is 17.2 Å². The van der Waals surface area contributed by atoms with Crippen LogP contribution in [0.2, 0.25) is 10.0 Å². The van der Waals surface area contributed by atoms with Gasteiger partial charge in [0, 0.05) is 27.1 Å². The number of hydrogen-bond donors (Lipinski definition) is 2. The van der Waals surface area contributed by atoms with Crippen molar-refractivity contribution in [2.45, 2.75) is 11.8 Å². The molecule has 10 heteroatoms. The number of nitrogens with zero attached hydrogens (tertiary/aromatic N) is 1. The quantitative estimate of drug-likeness (QED) is 0.502. The summed E-state index contributed by atoms with van der Waals surface area (Å²) in [6, 6.07) is 11.1. The highest BCUT2D eigenvalue weighted by Gasteiger charge is 2.29. The van der Waals surface area contributed by atoms with Gasteiger partial charge in [0.25, 0.3) is 10.0 Å². The van der Waals surface area contributed by atoms with E-state index in [1.54, 1.807) is 31.3 Å². The lowest BCUT2D eigenvalue weighted by molar-refractivity contribution is 0.330. The highest BCUT2D eigenvalue weighted by molar-refractivity contribution is 7.93. The first-order chi connectivity index (χ1) is 12.8. The molecule has 0 aliphatic rings. The average molecular weight is 447 g/mol. The van der Waals surface area contributed by atoms with Gasteiger partial charge in [-0.25, -0.2) is 8.42 Å². The number of fused-ring (bicyclic) bond motifs is 1. The Morgan fingerprint density at radius 1 is 1.15 bits per heavy atom. The summed E-state index contributed by atoms with van der Waals surface area (Å²) in [4.78, 5) is 13.1. The van der Waals surface area contributed by atoms with Crippen molar-refractivity contribution < 1.29 is 17.8 Å². The first kappa shape index (κ1) is 20.4. The average Bonchev–Trinajstić information content (AvgIpc) is 3.06. The van der Waals surface area contributed by atoms with Gasteiger partial charge >= 0.3 is 0 Å². The van der Waals surface area contributed by atoms with Crippen LogP contribution in [0.15, 0.2) is 53.6 Å². The maximum Gasteiger partial charge on any atom is 0.264 e. The molecule has 3 rings (SSSR count). The number of aromatic nitrogens is 1. The van der Waals surface area contributed by atoms with Crippen molar-refractivity contribution in [3.05, 3.63) is 58.7 Å². The molecule has 1 aromatic heterocycles. The third-order valence-electron chi connectivity index (χ3n) is 3.78. The highest BCUT2D eigenvalue weighted by atomic mass is 35.5. The van der Waals surface area contributed by atoms with Crippen LogP contribution in [0.3, 0.4) is 0 Å². The standard InChI is InChI=1S/C17H17Cl2N2O4PS/c1-2-25-26(22)11-21(15-3-4-17-12(7-15)5-6-20-17)27(23,24)16-9-13(18)8-14(19)10-16/h3-10,20,22H,2,11H2,1H3. The molecule has 0 spiro atoms. The van der Waals surface area contributed by atoms with Crippen molar-refractivity contribution in [1.29, 1.82) is 0 Å². The minimum Gasteiger partial charge on any atom is -0.361 e. The second-order valence-corrected chi connectivity index (χ2v) is 9.60. The monoisotopic (exact) mass is 446 g/mol. The molecule has 0 aliphatic carbocycles. The molecule has 0 saturated carbocycles. The lowest BCUT2D eigenvalue weighted by Crippen LogP contribution is -2.31. The highest BCUT2D eigenvalue weighted by Crippen LogP contribution is 2.38. The van der Waals surface area contributed by atoms with Gasteiger partial charge in [0.15, 0.2) is 8.38 Å². The Kier molecular flexibility index (Phi) is 6.31. The Morgan fingerprint density at radius 3 is 2.52 bits per heavy atom. The zero-order valence-electron chi connectivity index (χ0n) is 14.3. The molecule has 0 amide bonds. The Hall–Kier alpha value is -1.34. The molecule has 6 nitrogen and oxygen atoms in total. The van der Waals surface area contributed by atoms with Gasteiger partial charge in [-0.1, -0.05) is 23.2 Å². The Labute approximate surface area is 168 Å². The normalized spacial score (nSPS) is 13.0. The summed E-state index contributed by atoms with van der Waals surface area (Å²) in [5, 5.41) is 1.26. The smallest absolute Gasteiger partial charge is 0.264 e. The Morgan fingerprint density at radius 2 is 1.85 bits per heavy atom. The number of benzene rings is 2. The first-order valence-corrected chi connectivity index (χ1v) is 11.6. The number of rotatable bonds is 7. The van der Waals surface area contributed by atoms with Crippen molar-refractivity contribution in [2.24, 2.45) is 0 Å². The van der Waals surface area contributed by atoms with Crippen molar-refractivity contribution in [2.75, 3.05) is 17.2 Å². The van der Waals surface area contributed by atoms with Crippen LogP contribution in [0.1, 0.15) is 6.92 Å². The van der Waals surface area contributed by atoms with E-state index in [1.807, 2.05) is 6.07 Å². The number of aromatic amines is 1. The van der Waals surface area contributed by atoms with Gasteiger partial charge in [0.1, 0.15) is 6.29 Å². The fourth-order valence-corrected chi connectivity index (χ4v) is 6.12. The fourth-order valence-electron chi connectivity index (χ4n) is 2.60. The molecule has 0 bridgehead atoms. The molecule has 0 radical (unpaired) electrons. The summed E-state index contributed by atoms with van der Waals surface area (Å²) < 4.78 is 32.9. The van der Waals surface area contributed by atoms with E-state index in [4.69, 9.17) is 27.7 Å². The summed E-state index contributed by atoms with van der Waals surface area (Å²) in [6.07, 6.45) is 1.55. The molecule has 0 fully saturated rings. The maximum atomic E-state index is 13.3. The van der Waals surface area contributed by atoms with Gasteiger partial charge in [-0.05, 0) is 49.4 Å². The molecule has 2 aromatic carbocycles. The SMILES string of the molecule is CCOP(O)CN(c1ccc2[nH]ccc2c1)S(=O)(=O)c1cc(Cl)cc(Cl)c1. The van der Waals surface area contributed by atoms with Crippen molar-refractivity contribution in [3.63, 3.8) is 0 Å². The molecular weight excluding hydrogens is 430 g/mol. The van der Waals surface area contributed by atoms with Gasteiger partial charge in [-0.2, -0.15) is 0 Å². The van der Waals surface area contributed by atoms with Crippen LogP contribution >= 0.6 is 31.6 Å². The molecule has 27 heavy (non-hydrogen) atoms. The summed E-state index contributed by atoms with van der Waals surface area (Å²) in [5.74, 6) is 0. The number of sulfonamides is 1. The summed E-state index contributed by atoms with van der Waals surface area (Å²) in [7, 11) is -6.01. The number of hydrogen-bond acceptors (Lipinski definition) is 4. The number of H-pyrrole nitrogens is 1. The maximum absolute atomic E-state index is 13.3. The molecule has 0 aliphatic heterocycles. The number of nitrogens with one attached hydrogen (secondary N) is 1. The predicted molar refractivity (Wildman–Crippen MR) is 110 cm³/mol. The van der Waals surface area contributed by atoms with Crippen molar-refractivity contribution in [3.8, 4) is 0 Å². The Balaban J connectivity index is 2.10. The second kappa shape index (κ2) is 8.35. The van der Waals surface area contributed by atoms with Crippen molar-refractivity contribution in [1.82, 2.24) is 4.98 Å². The number of halogens is 2. The van der Waals surface area contributed by atoms with Gasteiger partial charge in [-0.3, -0.25) is 4.31 Å². The zero-order valence-corrected chi connectivity index (χ0v) is 17.5. The van der Waals surface area contributed by atoms with Crippen molar-refractivity contribution >= 4 is 58.2 Å². The Bertz CT molecular complexity index is 1040. The van der Waals surface area contributed by atoms with Gasteiger partial charge < -0.3 is 14.4 Å². The zero-order chi connectivity index (χ0) is 19.6. The first-order valence-electron chi connectivity index (χ1n) is 7.96. The molecule has 1 atom stereocenters. The predicted octanol–water partition coefficient (Wildman–Crippen LogP) is 4.97. The van der Waals surface area contributed by atoms with Crippen LogP contribution in [0, 0.1) is 0 Å². The summed E-state index contributed by atoms with van der Waals surface area (Å²) in [5.41, 5.74) is 1.28. The van der Waals surface area contributed by atoms with E-state index in [-0.39, 0.29) is 27.8 Å². The summed E-state index contributed by atoms with van der Waals surface area (Å²) in [6.45, 7) is 2.00. The minimum atomic E-state index is -4.03. The molecule has 3 aromatic rings. The van der Waals surface area contributed by atoms with E-state index in [9.17, 15) is 13.3 Å². The minimum absolute atomic E-state index is 0.0611. The van der Waals surface area contributed by atoms with Crippen LogP contribution in [0.4, 0.5) is 5.69 Å². The second-order valence-electron chi connectivity index (χ2n) is 5.62. The van der Waals surface area contributed by atoms with E-state index in [1.165, 1.54) is 18.2 Å². The van der Waals surface area contributed by atoms with Gasteiger partial charge in [-0.15, -0.1) is 0 Å². The molecule has 2 N–H and O–H groups in total. The molecule has 144 valence electrons. The van der Waals surface area contributed by atoms with Crippen LogP contribution in [-0.2, 0) is 14.5 Å².